The molecule has 7 heteroatoms. The summed E-state index contributed by atoms with van der Waals surface area (Å²) in [6.07, 6.45) is 7.25. The number of benzene rings is 1. The lowest BCUT2D eigenvalue weighted by Gasteiger charge is -2.17. The molecule has 4 heterocycles. The van der Waals surface area contributed by atoms with Crippen molar-refractivity contribution in [3.63, 3.8) is 0 Å². The summed E-state index contributed by atoms with van der Waals surface area (Å²) < 4.78 is 17.3. The summed E-state index contributed by atoms with van der Waals surface area (Å²) in [4.78, 5) is 6.41. The Kier molecular flexibility index (Phi) is 3.67. The van der Waals surface area contributed by atoms with Crippen LogP contribution in [0.25, 0.3) is 27.7 Å². The molecule has 0 saturated carbocycles. The highest BCUT2D eigenvalue weighted by atomic mass is 19.1. The van der Waals surface area contributed by atoms with Gasteiger partial charge in [0.15, 0.2) is 0 Å². The van der Waals surface area contributed by atoms with Crippen molar-refractivity contribution in [2.75, 3.05) is 18.0 Å². The van der Waals surface area contributed by atoms with Crippen LogP contribution in [0.4, 0.5) is 10.2 Å². The van der Waals surface area contributed by atoms with E-state index < -0.39 is 6.17 Å². The third kappa shape index (κ3) is 2.85. The van der Waals surface area contributed by atoms with E-state index in [-0.39, 0.29) is 0 Å². The first kappa shape index (κ1) is 16.0. The lowest BCUT2D eigenvalue weighted by atomic mass is 10.1. The minimum absolute atomic E-state index is 0.404. The maximum absolute atomic E-state index is 13.6. The first-order chi connectivity index (χ1) is 13.2. The average Bonchev–Trinajstić information content (AvgIpc) is 3.41. The predicted octanol–water partition coefficient (Wildman–Crippen LogP) is 3.37. The molecule has 1 saturated heterocycles. The first-order valence-corrected chi connectivity index (χ1v) is 9.00. The van der Waals surface area contributed by atoms with Crippen LogP contribution in [0, 0.1) is 0 Å². The Hall–Kier alpha value is -3.22. The van der Waals surface area contributed by atoms with Gasteiger partial charge in [0.05, 0.1) is 30.1 Å². The first-order valence-electron chi connectivity index (χ1n) is 9.00. The Morgan fingerprint density at radius 2 is 2.00 bits per heavy atom. The molecule has 1 aliphatic rings. The Bertz CT molecular complexity index is 1110. The van der Waals surface area contributed by atoms with Crippen LogP contribution < -0.4 is 4.90 Å². The van der Waals surface area contributed by atoms with Crippen molar-refractivity contribution < 1.29 is 4.39 Å². The number of hydrogen-bond acceptors (Lipinski definition) is 4. The maximum Gasteiger partial charge on any atom is 0.130 e. The largest absolute Gasteiger partial charge is 0.354 e. The number of anilines is 1. The number of pyridine rings is 1. The van der Waals surface area contributed by atoms with E-state index in [9.17, 15) is 4.39 Å². The van der Waals surface area contributed by atoms with Gasteiger partial charge in [0.1, 0.15) is 12.0 Å². The van der Waals surface area contributed by atoms with E-state index in [1.165, 1.54) is 0 Å². The molecule has 1 aromatic carbocycles. The molecule has 27 heavy (non-hydrogen) atoms. The summed E-state index contributed by atoms with van der Waals surface area (Å²) in [5, 5.41) is 9.88. The molecule has 3 aromatic heterocycles. The zero-order chi connectivity index (χ0) is 18.4. The number of halogens is 1. The second-order valence-electron chi connectivity index (χ2n) is 6.94. The van der Waals surface area contributed by atoms with Crippen molar-refractivity contribution in [3.05, 3.63) is 55.1 Å². The Balaban J connectivity index is 1.57. The Morgan fingerprint density at radius 1 is 1.07 bits per heavy atom. The molecule has 0 aliphatic carbocycles. The van der Waals surface area contributed by atoms with Crippen LogP contribution in [0.1, 0.15) is 6.42 Å². The van der Waals surface area contributed by atoms with E-state index in [1.807, 2.05) is 47.4 Å². The summed E-state index contributed by atoms with van der Waals surface area (Å²) >= 11 is 0. The van der Waals surface area contributed by atoms with Crippen LogP contribution in [-0.4, -0.2) is 43.8 Å². The van der Waals surface area contributed by atoms with Crippen molar-refractivity contribution in [3.8, 4) is 16.8 Å². The molecule has 1 atom stereocenters. The van der Waals surface area contributed by atoms with E-state index in [0.29, 0.717) is 19.5 Å². The molecule has 0 radical (unpaired) electrons. The fourth-order valence-corrected chi connectivity index (χ4v) is 3.61. The normalized spacial score (nSPS) is 17.1. The third-order valence-electron chi connectivity index (χ3n) is 5.04. The SMILES string of the molecule is Cn1cc(-c2ccc3cnn(-c4ccnc(N5CC[C@@H](F)C5)c4)c3c2)cn1. The lowest BCUT2D eigenvalue weighted by molar-refractivity contribution is 0.364. The number of nitrogens with zero attached hydrogens (tertiary/aromatic N) is 6. The minimum atomic E-state index is -0.775. The lowest BCUT2D eigenvalue weighted by Crippen LogP contribution is -2.21. The Labute approximate surface area is 155 Å². The molecule has 0 N–H and O–H groups in total. The molecule has 6 nitrogen and oxygen atoms in total. The van der Waals surface area contributed by atoms with Gasteiger partial charge in [-0.15, -0.1) is 0 Å². The minimum Gasteiger partial charge on any atom is -0.354 e. The predicted molar refractivity (Wildman–Crippen MR) is 103 cm³/mol. The summed E-state index contributed by atoms with van der Waals surface area (Å²) in [7, 11) is 1.91. The molecular weight excluding hydrogens is 343 g/mol. The molecule has 136 valence electrons. The van der Waals surface area contributed by atoms with E-state index >= 15 is 0 Å². The van der Waals surface area contributed by atoms with Crippen LogP contribution >= 0.6 is 0 Å². The fourth-order valence-electron chi connectivity index (χ4n) is 3.61. The van der Waals surface area contributed by atoms with Gasteiger partial charge in [-0.2, -0.15) is 10.2 Å². The second-order valence-corrected chi connectivity index (χ2v) is 6.94. The van der Waals surface area contributed by atoms with Crippen LogP contribution in [-0.2, 0) is 7.05 Å². The van der Waals surface area contributed by atoms with E-state index in [0.717, 1.165) is 33.5 Å². The molecule has 0 spiro atoms. The van der Waals surface area contributed by atoms with E-state index in [1.54, 1.807) is 10.9 Å². The van der Waals surface area contributed by atoms with Gasteiger partial charge < -0.3 is 4.90 Å². The van der Waals surface area contributed by atoms with Crippen LogP contribution in [0.15, 0.2) is 55.1 Å². The number of rotatable bonds is 3. The van der Waals surface area contributed by atoms with Gasteiger partial charge in [-0.05, 0) is 24.1 Å². The molecular formula is C20H19FN6. The van der Waals surface area contributed by atoms with Gasteiger partial charge in [-0.3, -0.25) is 4.68 Å². The van der Waals surface area contributed by atoms with Gasteiger partial charge in [-0.1, -0.05) is 12.1 Å². The van der Waals surface area contributed by atoms with Crippen LogP contribution in [0.5, 0.6) is 0 Å². The molecule has 0 unspecified atom stereocenters. The maximum atomic E-state index is 13.6. The van der Waals surface area contributed by atoms with E-state index in [2.05, 4.69) is 33.4 Å². The third-order valence-corrected chi connectivity index (χ3v) is 5.04. The van der Waals surface area contributed by atoms with Gasteiger partial charge >= 0.3 is 0 Å². The van der Waals surface area contributed by atoms with Crippen LogP contribution in [0.2, 0.25) is 0 Å². The van der Waals surface area contributed by atoms with Crippen molar-refractivity contribution in [2.24, 2.45) is 7.05 Å². The van der Waals surface area contributed by atoms with Gasteiger partial charge in [0.25, 0.3) is 0 Å². The van der Waals surface area contributed by atoms with Crippen molar-refractivity contribution in [1.29, 1.82) is 0 Å². The number of hydrogen-bond donors (Lipinski definition) is 0. The number of alkyl halides is 1. The summed E-state index contributed by atoms with van der Waals surface area (Å²) in [5.74, 6) is 0.791. The number of aryl methyl sites for hydroxylation is 1. The second kappa shape index (κ2) is 6.19. The molecule has 1 fully saturated rings. The zero-order valence-electron chi connectivity index (χ0n) is 15.0. The Morgan fingerprint density at radius 3 is 2.78 bits per heavy atom. The summed E-state index contributed by atoms with van der Waals surface area (Å²) in [6, 6.07) is 10.2. The van der Waals surface area contributed by atoms with Crippen LogP contribution in [0.3, 0.4) is 0 Å². The van der Waals surface area contributed by atoms with Crippen molar-refractivity contribution >= 4 is 16.7 Å². The summed E-state index contributed by atoms with van der Waals surface area (Å²) in [6.45, 7) is 1.10. The number of aromatic nitrogens is 5. The fraction of sp³-hybridized carbons (Fsp3) is 0.250. The molecule has 0 bridgehead atoms. The standard InChI is InChI=1S/C20H19FN6/c1-25-12-16(11-23-25)14-2-3-15-10-24-27(19(15)8-14)18-4-6-22-20(9-18)26-7-5-17(21)13-26/h2-4,6,8-12,17H,5,7,13H2,1H3/t17-/m1/s1. The summed E-state index contributed by atoms with van der Waals surface area (Å²) in [5.41, 5.74) is 4.08. The highest BCUT2D eigenvalue weighted by molar-refractivity contribution is 5.85. The van der Waals surface area contributed by atoms with E-state index in [4.69, 9.17) is 0 Å². The average molecular weight is 362 g/mol. The van der Waals surface area contributed by atoms with Gasteiger partial charge in [-0.25, -0.2) is 14.1 Å². The molecule has 1 aliphatic heterocycles. The van der Waals surface area contributed by atoms with Crippen molar-refractivity contribution in [1.82, 2.24) is 24.5 Å². The monoisotopic (exact) mass is 362 g/mol. The van der Waals surface area contributed by atoms with Gasteiger partial charge in [0, 0.05) is 43.0 Å². The highest BCUT2D eigenvalue weighted by Crippen LogP contribution is 2.27. The molecule has 5 rings (SSSR count). The highest BCUT2D eigenvalue weighted by Gasteiger charge is 2.23. The smallest absolute Gasteiger partial charge is 0.130 e. The topological polar surface area (TPSA) is 51.8 Å². The molecule has 0 amide bonds. The quantitative estimate of drug-likeness (QED) is 0.561. The molecule has 4 aromatic rings. The number of fused-ring (bicyclic) bond motifs is 1. The van der Waals surface area contributed by atoms with Crippen molar-refractivity contribution in [2.45, 2.75) is 12.6 Å². The zero-order valence-corrected chi connectivity index (χ0v) is 15.0. The van der Waals surface area contributed by atoms with Gasteiger partial charge in [0.2, 0.25) is 0 Å².